The Morgan fingerprint density at radius 2 is 1.87 bits per heavy atom. The smallest absolute Gasteiger partial charge is 0.253 e. The van der Waals surface area contributed by atoms with E-state index in [0.717, 1.165) is 5.56 Å². The second-order valence-corrected chi connectivity index (χ2v) is 9.82. The van der Waals surface area contributed by atoms with Crippen LogP contribution in [-0.4, -0.2) is 49.7 Å². The van der Waals surface area contributed by atoms with Gasteiger partial charge in [-0.05, 0) is 61.2 Å². The van der Waals surface area contributed by atoms with Gasteiger partial charge in [-0.1, -0.05) is 29.3 Å². The Bertz CT molecular complexity index is 1030. The van der Waals surface area contributed by atoms with Gasteiger partial charge in [-0.3, -0.25) is 4.79 Å². The van der Waals surface area contributed by atoms with Crippen molar-refractivity contribution in [1.29, 1.82) is 0 Å². The number of halogens is 2. The van der Waals surface area contributed by atoms with Crippen molar-refractivity contribution in [3.05, 3.63) is 63.6 Å². The minimum absolute atomic E-state index is 0.115. The molecule has 1 unspecified atom stereocenters. The van der Waals surface area contributed by atoms with Crippen molar-refractivity contribution in [1.82, 2.24) is 4.90 Å². The lowest BCUT2D eigenvalue weighted by Crippen LogP contribution is -2.35. The van der Waals surface area contributed by atoms with Crippen molar-refractivity contribution < 1.29 is 22.5 Å². The largest absolute Gasteiger partial charge is 0.748 e. The fraction of sp³-hybridized carbons (Fsp3) is 0.381. The van der Waals surface area contributed by atoms with Crippen LogP contribution in [-0.2, 0) is 15.5 Å². The molecule has 30 heavy (non-hydrogen) atoms. The fourth-order valence-corrected chi connectivity index (χ4v) is 4.76. The number of rotatable bonds is 7. The maximum absolute atomic E-state index is 13.0. The van der Waals surface area contributed by atoms with Gasteiger partial charge in [-0.25, -0.2) is 8.42 Å². The molecule has 9 heteroatoms. The SMILES string of the molecule is COc1ccc(C(=O)N2CCC(CCCS(=O)(=O)[O-])(c3ccc(Cl)c(Cl)c3)C2)cc1. The molecule has 0 saturated carbocycles. The summed E-state index contributed by atoms with van der Waals surface area (Å²) in [7, 11) is -2.75. The van der Waals surface area contributed by atoms with Crippen molar-refractivity contribution in [3.63, 3.8) is 0 Å². The van der Waals surface area contributed by atoms with E-state index >= 15 is 0 Å². The zero-order chi connectivity index (χ0) is 21.9. The number of carbonyl (C=O) groups excluding carboxylic acids is 1. The van der Waals surface area contributed by atoms with Gasteiger partial charge >= 0.3 is 0 Å². The van der Waals surface area contributed by atoms with Gasteiger partial charge in [-0.2, -0.15) is 0 Å². The zero-order valence-corrected chi connectivity index (χ0v) is 18.8. The molecule has 0 radical (unpaired) electrons. The van der Waals surface area contributed by atoms with Crippen LogP contribution < -0.4 is 4.74 Å². The second-order valence-electron chi connectivity index (χ2n) is 7.48. The number of hydrogen-bond donors (Lipinski definition) is 0. The van der Waals surface area contributed by atoms with Gasteiger partial charge < -0.3 is 14.2 Å². The van der Waals surface area contributed by atoms with Gasteiger partial charge in [0.05, 0.1) is 27.3 Å². The van der Waals surface area contributed by atoms with Gasteiger partial charge in [-0.15, -0.1) is 0 Å². The minimum Gasteiger partial charge on any atom is -0.748 e. The van der Waals surface area contributed by atoms with Gasteiger partial charge in [0, 0.05) is 29.8 Å². The Kier molecular flexibility index (Phi) is 6.97. The normalized spacial score (nSPS) is 19.1. The van der Waals surface area contributed by atoms with Crippen LogP contribution in [0, 0.1) is 0 Å². The van der Waals surface area contributed by atoms with Crippen molar-refractivity contribution in [2.75, 3.05) is 26.0 Å². The summed E-state index contributed by atoms with van der Waals surface area (Å²) in [4.78, 5) is 14.8. The van der Waals surface area contributed by atoms with E-state index in [1.165, 1.54) is 0 Å². The maximum atomic E-state index is 13.0. The summed E-state index contributed by atoms with van der Waals surface area (Å²) >= 11 is 12.3. The molecule has 0 aliphatic carbocycles. The highest BCUT2D eigenvalue weighted by Crippen LogP contribution is 2.41. The molecule has 1 heterocycles. The van der Waals surface area contributed by atoms with Crippen LogP contribution in [0.5, 0.6) is 5.75 Å². The number of methoxy groups -OCH3 is 1. The highest BCUT2D eigenvalue weighted by atomic mass is 35.5. The first-order valence-corrected chi connectivity index (χ1v) is 11.8. The lowest BCUT2D eigenvalue weighted by molar-refractivity contribution is 0.0782. The lowest BCUT2D eigenvalue weighted by Gasteiger charge is -2.31. The molecule has 1 atom stereocenters. The molecule has 1 aliphatic rings. The van der Waals surface area contributed by atoms with Gasteiger partial charge in [0.15, 0.2) is 0 Å². The molecule has 1 fully saturated rings. The summed E-state index contributed by atoms with van der Waals surface area (Å²) < 4.78 is 38.4. The standard InChI is InChI=1S/C21H23Cl2NO5S/c1-29-17-6-3-15(4-7-17)20(25)24-11-10-21(14-24,9-2-12-30(26,27)28)16-5-8-18(22)19(23)13-16/h3-8,13H,2,9-12,14H2,1H3,(H,26,27,28)/p-1. The predicted molar refractivity (Wildman–Crippen MR) is 115 cm³/mol. The third kappa shape index (κ3) is 5.27. The van der Waals surface area contributed by atoms with E-state index < -0.39 is 21.3 Å². The van der Waals surface area contributed by atoms with Crippen LogP contribution in [0.1, 0.15) is 35.2 Å². The van der Waals surface area contributed by atoms with Crippen LogP contribution >= 0.6 is 23.2 Å². The van der Waals surface area contributed by atoms with E-state index in [-0.39, 0.29) is 12.3 Å². The Hall–Kier alpha value is -1.80. The number of ether oxygens (including phenoxy) is 1. The summed E-state index contributed by atoms with van der Waals surface area (Å²) in [5.41, 5.74) is 0.925. The molecule has 1 aliphatic heterocycles. The molecule has 0 bridgehead atoms. The third-order valence-electron chi connectivity index (χ3n) is 5.56. The van der Waals surface area contributed by atoms with Crippen LogP contribution in [0.25, 0.3) is 0 Å². The maximum Gasteiger partial charge on any atom is 0.253 e. The summed E-state index contributed by atoms with van der Waals surface area (Å²) in [6.07, 6.45) is 1.28. The second kappa shape index (κ2) is 9.14. The summed E-state index contributed by atoms with van der Waals surface area (Å²) in [5, 5.41) is 0.812. The number of amides is 1. The number of likely N-dealkylation sites (tertiary alicyclic amines) is 1. The highest BCUT2D eigenvalue weighted by molar-refractivity contribution is 7.85. The number of carbonyl (C=O) groups is 1. The minimum atomic E-state index is -4.31. The predicted octanol–water partition coefficient (Wildman–Crippen LogP) is 4.11. The molecular formula is C21H22Cl2NO5S-. The first-order chi connectivity index (χ1) is 14.1. The monoisotopic (exact) mass is 470 g/mol. The molecule has 0 N–H and O–H groups in total. The molecule has 3 rings (SSSR count). The van der Waals surface area contributed by atoms with E-state index in [4.69, 9.17) is 27.9 Å². The van der Waals surface area contributed by atoms with E-state index in [0.29, 0.717) is 47.3 Å². The number of hydrogen-bond acceptors (Lipinski definition) is 5. The van der Waals surface area contributed by atoms with E-state index in [1.54, 1.807) is 48.4 Å². The molecule has 2 aromatic carbocycles. The Morgan fingerprint density at radius 1 is 1.17 bits per heavy atom. The molecular weight excluding hydrogens is 449 g/mol. The van der Waals surface area contributed by atoms with E-state index in [1.807, 2.05) is 6.07 Å². The van der Waals surface area contributed by atoms with Gasteiger partial charge in [0.25, 0.3) is 5.91 Å². The Morgan fingerprint density at radius 3 is 2.47 bits per heavy atom. The summed E-state index contributed by atoms with van der Waals surface area (Å²) in [5.74, 6) is 0.107. The number of benzene rings is 2. The molecule has 0 spiro atoms. The average Bonchev–Trinajstić information content (AvgIpc) is 3.14. The van der Waals surface area contributed by atoms with Crippen LogP contribution in [0.3, 0.4) is 0 Å². The van der Waals surface area contributed by atoms with Crippen molar-refractivity contribution in [3.8, 4) is 5.75 Å². The van der Waals surface area contributed by atoms with Crippen LogP contribution in [0.15, 0.2) is 42.5 Å². The quantitative estimate of drug-likeness (QED) is 0.568. The van der Waals surface area contributed by atoms with E-state index in [9.17, 15) is 17.8 Å². The van der Waals surface area contributed by atoms with E-state index in [2.05, 4.69) is 0 Å². The first-order valence-electron chi connectivity index (χ1n) is 9.46. The van der Waals surface area contributed by atoms with Crippen LogP contribution in [0.4, 0.5) is 0 Å². The molecule has 2 aromatic rings. The highest BCUT2D eigenvalue weighted by Gasteiger charge is 2.41. The molecule has 1 amide bonds. The summed E-state index contributed by atoms with van der Waals surface area (Å²) in [6, 6.07) is 12.2. The van der Waals surface area contributed by atoms with Crippen LogP contribution in [0.2, 0.25) is 10.0 Å². The number of nitrogens with zero attached hydrogens (tertiary/aromatic N) is 1. The third-order valence-corrected chi connectivity index (χ3v) is 7.09. The fourth-order valence-electron chi connectivity index (χ4n) is 3.96. The molecule has 1 saturated heterocycles. The first kappa shape index (κ1) is 22.9. The Labute approximate surface area is 186 Å². The van der Waals surface area contributed by atoms with Crippen molar-refractivity contribution in [2.45, 2.75) is 24.7 Å². The van der Waals surface area contributed by atoms with Crippen molar-refractivity contribution in [2.24, 2.45) is 0 Å². The zero-order valence-electron chi connectivity index (χ0n) is 16.4. The Balaban J connectivity index is 1.85. The van der Waals surface area contributed by atoms with Gasteiger partial charge in [0.1, 0.15) is 5.75 Å². The van der Waals surface area contributed by atoms with Gasteiger partial charge in [0.2, 0.25) is 0 Å². The molecule has 6 nitrogen and oxygen atoms in total. The lowest BCUT2D eigenvalue weighted by atomic mass is 9.76. The molecule has 162 valence electrons. The summed E-state index contributed by atoms with van der Waals surface area (Å²) in [6.45, 7) is 0.907. The molecule has 0 aromatic heterocycles. The van der Waals surface area contributed by atoms with Crippen molar-refractivity contribution >= 4 is 39.2 Å². The average molecular weight is 471 g/mol. The topological polar surface area (TPSA) is 86.7 Å².